The van der Waals surface area contributed by atoms with Gasteiger partial charge in [-0.3, -0.25) is 9.48 Å². The molecule has 1 saturated heterocycles. The average Bonchev–Trinajstić information content (AvgIpc) is 3.01. The smallest absolute Gasteiger partial charge is 0.229 e. The normalized spacial score (nSPS) is 20.4. The molecule has 0 bridgehead atoms. The number of likely N-dealkylation sites (tertiary alicyclic amines) is 1. The van der Waals surface area contributed by atoms with Gasteiger partial charge in [-0.1, -0.05) is 5.16 Å². The van der Waals surface area contributed by atoms with Crippen molar-refractivity contribution in [2.75, 3.05) is 6.54 Å². The minimum atomic E-state index is 0.224. The van der Waals surface area contributed by atoms with Crippen molar-refractivity contribution in [2.24, 2.45) is 0 Å². The Morgan fingerprint density at radius 3 is 3.00 bits per heavy atom. The third-order valence-corrected chi connectivity index (χ3v) is 5.13. The predicted molar refractivity (Wildman–Crippen MR) is 90.9 cm³/mol. The highest BCUT2D eigenvalue weighted by atomic mass is 16.5. The number of amides is 1. The summed E-state index contributed by atoms with van der Waals surface area (Å²) in [7, 11) is 0. The summed E-state index contributed by atoms with van der Waals surface area (Å²) in [5, 5.41) is 8.34. The van der Waals surface area contributed by atoms with Crippen LogP contribution in [0.3, 0.4) is 0 Å². The molecule has 4 rings (SSSR count). The van der Waals surface area contributed by atoms with Crippen molar-refractivity contribution in [2.45, 2.75) is 70.4 Å². The van der Waals surface area contributed by atoms with Gasteiger partial charge in [0.05, 0.1) is 6.20 Å². The molecule has 1 atom stereocenters. The van der Waals surface area contributed by atoms with E-state index in [-0.39, 0.29) is 5.91 Å². The third-order valence-electron chi connectivity index (χ3n) is 5.13. The van der Waals surface area contributed by atoms with Crippen molar-refractivity contribution >= 4 is 5.91 Å². The molecule has 2 aromatic heterocycles. The van der Waals surface area contributed by atoms with Crippen LogP contribution in [0.1, 0.15) is 61.7 Å². The van der Waals surface area contributed by atoms with Gasteiger partial charge in [0.2, 0.25) is 11.8 Å². The molecule has 0 aromatic carbocycles. The van der Waals surface area contributed by atoms with Crippen LogP contribution < -0.4 is 0 Å². The summed E-state index contributed by atoms with van der Waals surface area (Å²) < 4.78 is 7.16. The Morgan fingerprint density at radius 1 is 1.36 bits per heavy atom. The van der Waals surface area contributed by atoms with Crippen LogP contribution in [0, 0.1) is 6.92 Å². The highest BCUT2D eigenvalue weighted by molar-refractivity contribution is 5.76. The zero-order chi connectivity index (χ0) is 17.2. The van der Waals surface area contributed by atoms with E-state index in [2.05, 4.69) is 15.2 Å². The number of aromatic nitrogens is 4. The van der Waals surface area contributed by atoms with Crippen LogP contribution in [0.2, 0.25) is 0 Å². The number of rotatable bonds is 7. The Morgan fingerprint density at radius 2 is 2.24 bits per heavy atom. The Bertz CT molecular complexity index is 733. The molecule has 0 spiro atoms. The maximum Gasteiger partial charge on any atom is 0.229 e. The molecule has 0 radical (unpaired) electrons. The first-order chi connectivity index (χ1) is 12.2. The monoisotopic (exact) mass is 343 g/mol. The van der Waals surface area contributed by atoms with Gasteiger partial charge in [0.25, 0.3) is 0 Å². The molecule has 1 amide bonds. The van der Waals surface area contributed by atoms with Crippen LogP contribution in [0.4, 0.5) is 0 Å². The van der Waals surface area contributed by atoms with E-state index in [4.69, 9.17) is 4.52 Å². The predicted octanol–water partition coefficient (Wildman–Crippen LogP) is 2.47. The molecular weight excluding hydrogens is 318 g/mol. The molecule has 134 valence electrons. The molecule has 1 saturated carbocycles. The molecule has 1 unspecified atom stereocenters. The fraction of sp³-hybridized carbons (Fsp3) is 0.667. The van der Waals surface area contributed by atoms with Crippen molar-refractivity contribution in [1.82, 2.24) is 24.8 Å². The minimum Gasteiger partial charge on any atom is -0.340 e. The Labute approximate surface area is 147 Å². The van der Waals surface area contributed by atoms with Crippen molar-refractivity contribution in [1.29, 1.82) is 0 Å². The summed E-state index contributed by atoms with van der Waals surface area (Å²) >= 11 is 0. The zero-order valence-corrected chi connectivity index (χ0v) is 14.7. The average molecular weight is 343 g/mol. The number of aryl methyl sites for hydroxylation is 3. The summed E-state index contributed by atoms with van der Waals surface area (Å²) in [6.45, 7) is 3.51. The first-order valence-corrected chi connectivity index (χ1v) is 9.30. The van der Waals surface area contributed by atoms with Crippen LogP contribution in [0.25, 0.3) is 0 Å². The lowest BCUT2D eigenvalue weighted by Crippen LogP contribution is -2.36. The van der Waals surface area contributed by atoms with Gasteiger partial charge in [0, 0.05) is 44.1 Å². The molecule has 2 aliphatic rings. The van der Waals surface area contributed by atoms with Gasteiger partial charge in [-0.05, 0) is 44.6 Å². The topological polar surface area (TPSA) is 77.0 Å². The van der Waals surface area contributed by atoms with E-state index in [9.17, 15) is 4.79 Å². The number of carbonyl (C=O) groups is 1. The van der Waals surface area contributed by atoms with E-state index < -0.39 is 0 Å². The third kappa shape index (κ3) is 3.91. The molecule has 25 heavy (non-hydrogen) atoms. The SMILES string of the molecule is Cc1cnn(CCC(=O)N2CCCC2CCc2noc(C3CC3)n2)c1. The minimum absolute atomic E-state index is 0.224. The van der Waals surface area contributed by atoms with E-state index in [0.29, 0.717) is 24.9 Å². The number of nitrogens with zero attached hydrogens (tertiary/aromatic N) is 5. The lowest BCUT2D eigenvalue weighted by atomic mass is 10.1. The molecular formula is C18H25N5O2. The summed E-state index contributed by atoms with van der Waals surface area (Å²) in [6, 6.07) is 0.301. The number of hydrogen-bond donors (Lipinski definition) is 0. The molecule has 1 aliphatic carbocycles. The van der Waals surface area contributed by atoms with Crippen molar-refractivity contribution < 1.29 is 9.32 Å². The molecule has 1 aliphatic heterocycles. The molecule has 2 aromatic rings. The van der Waals surface area contributed by atoms with Crippen LogP contribution >= 0.6 is 0 Å². The second-order valence-electron chi connectivity index (χ2n) is 7.28. The lowest BCUT2D eigenvalue weighted by Gasteiger charge is -2.24. The Kier molecular flexibility index (Phi) is 4.55. The lowest BCUT2D eigenvalue weighted by molar-refractivity contribution is -0.132. The summed E-state index contributed by atoms with van der Waals surface area (Å²) in [5.41, 5.74) is 1.12. The zero-order valence-electron chi connectivity index (χ0n) is 14.7. The standard InChI is InChI=1S/C18H25N5O2/c1-13-11-19-22(12-13)10-8-17(24)23-9-2-3-15(23)6-7-16-20-18(25-21-16)14-4-5-14/h11-12,14-15H,2-10H2,1H3. The quantitative estimate of drug-likeness (QED) is 0.772. The summed E-state index contributed by atoms with van der Waals surface area (Å²) in [5.74, 6) is 2.30. The van der Waals surface area contributed by atoms with Gasteiger partial charge in [-0.25, -0.2) is 0 Å². The van der Waals surface area contributed by atoms with Crippen LogP contribution in [-0.2, 0) is 17.8 Å². The first kappa shape index (κ1) is 16.3. The molecule has 0 N–H and O–H groups in total. The highest BCUT2D eigenvalue weighted by Gasteiger charge is 2.31. The number of hydrogen-bond acceptors (Lipinski definition) is 5. The second kappa shape index (κ2) is 6.98. The molecule has 7 heteroatoms. The Hall–Kier alpha value is -2.18. The molecule has 7 nitrogen and oxygen atoms in total. The van der Waals surface area contributed by atoms with E-state index in [0.717, 1.165) is 49.5 Å². The van der Waals surface area contributed by atoms with E-state index >= 15 is 0 Å². The fourth-order valence-electron chi connectivity index (χ4n) is 3.57. The maximum atomic E-state index is 12.6. The molecule has 3 heterocycles. The van der Waals surface area contributed by atoms with E-state index in [1.165, 1.54) is 12.8 Å². The van der Waals surface area contributed by atoms with Crippen LogP contribution in [-0.4, -0.2) is 43.3 Å². The highest BCUT2D eigenvalue weighted by Crippen LogP contribution is 2.38. The van der Waals surface area contributed by atoms with Gasteiger partial charge in [0.15, 0.2) is 5.82 Å². The van der Waals surface area contributed by atoms with Crippen molar-refractivity contribution in [3.63, 3.8) is 0 Å². The van der Waals surface area contributed by atoms with E-state index in [1.54, 1.807) is 0 Å². The summed E-state index contributed by atoms with van der Waals surface area (Å²) in [6.07, 6.45) is 10.5. The van der Waals surface area contributed by atoms with Crippen LogP contribution in [0.5, 0.6) is 0 Å². The van der Waals surface area contributed by atoms with Gasteiger partial charge >= 0.3 is 0 Å². The largest absolute Gasteiger partial charge is 0.340 e. The Balaban J connectivity index is 1.27. The second-order valence-corrected chi connectivity index (χ2v) is 7.28. The van der Waals surface area contributed by atoms with Gasteiger partial charge in [-0.2, -0.15) is 10.1 Å². The fourth-order valence-corrected chi connectivity index (χ4v) is 3.57. The van der Waals surface area contributed by atoms with Gasteiger partial charge in [0.1, 0.15) is 0 Å². The maximum absolute atomic E-state index is 12.6. The molecule has 2 fully saturated rings. The van der Waals surface area contributed by atoms with E-state index in [1.807, 2.05) is 28.9 Å². The summed E-state index contributed by atoms with van der Waals surface area (Å²) in [4.78, 5) is 19.1. The van der Waals surface area contributed by atoms with Crippen molar-refractivity contribution in [3.8, 4) is 0 Å². The number of carbonyl (C=O) groups excluding carboxylic acids is 1. The first-order valence-electron chi connectivity index (χ1n) is 9.30. The van der Waals surface area contributed by atoms with Gasteiger partial charge in [-0.15, -0.1) is 0 Å². The van der Waals surface area contributed by atoms with Gasteiger partial charge < -0.3 is 9.42 Å². The van der Waals surface area contributed by atoms with Crippen molar-refractivity contribution in [3.05, 3.63) is 29.7 Å². The van der Waals surface area contributed by atoms with Crippen LogP contribution in [0.15, 0.2) is 16.9 Å².